The molecule has 2 aromatic heterocycles. The van der Waals surface area contributed by atoms with Gasteiger partial charge in [-0.25, -0.2) is 4.39 Å². The fourth-order valence-electron chi connectivity index (χ4n) is 3.07. The number of nitrogens with one attached hydrogen (secondary N) is 2. The second kappa shape index (κ2) is 6.26. The number of pyridine rings is 1. The van der Waals surface area contributed by atoms with Gasteiger partial charge in [0, 0.05) is 22.3 Å². The zero-order valence-corrected chi connectivity index (χ0v) is 14.9. The predicted molar refractivity (Wildman–Crippen MR) is 103 cm³/mol. The molecule has 0 atom stereocenters. The lowest BCUT2D eigenvalue weighted by Gasteiger charge is -2.13. The third-order valence-electron chi connectivity index (χ3n) is 4.71. The summed E-state index contributed by atoms with van der Waals surface area (Å²) in [4.78, 5) is 4.74. The minimum Gasteiger partial charge on any atom is -0.338 e. The Morgan fingerprint density at radius 1 is 1.00 bits per heavy atom. The first-order valence-electron chi connectivity index (χ1n) is 8.48. The van der Waals surface area contributed by atoms with E-state index in [9.17, 15) is 4.39 Å². The molecule has 5 heteroatoms. The monoisotopic (exact) mass is 346 g/mol. The first kappa shape index (κ1) is 16.3. The standard InChI is InChI=1S/C21H19FN4/c1-12-6-4-5-7-16(12)20-11-19(13(2)14(3)23-20)24-21-17-10-15(22)8-9-18(17)25-26-21/h4-11H,1-3H3,(H2,23,24,25,26). The third-order valence-corrected chi connectivity index (χ3v) is 4.71. The smallest absolute Gasteiger partial charge is 0.160 e. The minimum absolute atomic E-state index is 0.287. The molecule has 0 spiro atoms. The lowest BCUT2D eigenvalue weighted by Crippen LogP contribution is -2.00. The Labute approximate surface area is 151 Å². The zero-order chi connectivity index (χ0) is 18.3. The molecule has 0 saturated carbocycles. The maximum atomic E-state index is 13.6. The molecular formula is C21H19FN4. The van der Waals surface area contributed by atoms with Crippen LogP contribution in [0.5, 0.6) is 0 Å². The van der Waals surface area contributed by atoms with Crippen LogP contribution in [0.4, 0.5) is 15.9 Å². The van der Waals surface area contributed by atoms with E-state index in [1.54, 1.807) is 6.07 Å². The van der Waals surface area contributed by atoms with Gasteiger partial charge in [-0.1, -0.05) is 24.3 Å². The summed E-state index contributed by atoms with van der Waals surface area (Å²) in [5.74, 6) is 0.314. The summed E-state index contributed by atoms with van der Waals surface area (Å²) in [5.41, 5.74) is 6.84. The van der Waals surface area contributed by atoms with Crippen molar-refractivity contribution >= 4 is 22.4 Å². The molecule has 0 aliphatic heterocycles. The summed E-state index contributed by atoms with van der Waals surface area (Å²) in [6, 6.07) is 14.8. The van der Waals surface area contributed by atoms with Gasteiger partial charge in [0.1, 0.15) is 5.82 Å². The summed E-state index contributed by atoms with van der Waals surface area (Å²) in [6.45, 7) is 6.08. The maximum Gasteiger partial charge on any atom is 0.160 e. The number of rotatable bonds is 3. The summed E-state index contributed by atoms with van der Waals surface area (Å²) >= 11 is 0. The van der Waals surface area contributed by atoms with Gasteiger partial charge in [0.2, 0.25) is 0 Å². The number of aromatic amines is 1. The molecule has 0 radical (unpaired) electrons. The molecule has 0 saturated heterocycles. The highest BCUT2D eigenvalue weighted by atomic mass is 19.1. The first-order valence-corrected chi connectivity index (χ1v) is 8.48. The number of hydrogen-bond acceptors (Lipinski definition) is 3. The van der Waals surface area contributed by atoms with Crippen molar-refractivity contribution in [2.24, 2.45) is 0 Å². The van der Waals surface area contributed by atoms with Crippen LogP contribution in [-0.4, -0.2) is 15.2 Å². The SMILES string of the molecule is Cc1ccccc1-c1cc(Nc2n[nH]c3ccc(F)cc23)c(C)c(C)n1. The van der Waals surface area contributed by atoms with Crippen LogP contribution in [0.15, 0.2) is 48.5 Å². The summed E-state index contributed by atoms with van der Waals surface area (Å²) in [6.07, 6.45) is 0. The quantitative estimate of drug-likeness (QED) is 0.520. The molecular weight excluding hydrogens is 327 g/mol. The van der Waals surface area contributed by atoms with Crippen LogP contribution < -0.4 is 5.32 Å². The fraction of sp³-hybridized carbons (Fsp3) is 0.143. The summed E-state index contributed by atoms with van der Waals surface area (Å²) in [7, 11) is 0. The van der Waals surface area contributed by atoms with Crippen LogP contribution in [0.25, 0.3) is 22.2 Å². The molecule has 0 unspecified atom stereocenters. The highest BCUT2D eigenvalue weighted by molar-refractivity contribution is 5.92. The third kappa shape index (κ3) is 2.81. The van der Waals surface area contributed by atoms with E-state index in [1.807, 2.05) is 32.0 Å². The van der Waals surface area contributed by atoms with Crippen molar-refractivity contribution in [3.05, 3.63) is 71.2 Å². The molecule has 130 valence electrons. The van der Waals surface area contributed by atoms with Gasteiger partial charge >= 0.3 is 0 Å². The number of benzene rings is 2. The van der Waals surface area contributed by atoms with Crippen LogP contribution >= 0.6 is 0 Å². The molecule has 2 heterocycles. The largest absolute Gasteiger partial charge is 0.338 e. The molecule has 0 aliphatic carbocycles. The van der Waals surface area contributed by atoms with Gasteiger partial charge in [0.15, 0.2) is 5.82 Å². The number of anilines is 2. The molecule has 4 nitrogen and oxygen atoms in total. The van der Waals surface area contributed by atoms with Crippen LogP contribution in [0.3, 0.4) is 0 Å². The Morgan fingerprint density at radius 3 is 2.62 bits per heavy atom. The van der Waals surface area contributed by atoms with Crippen molar-refractivity contribution < 1.29 is 4.39 Å². The van der Waals surface area contributed by atoms with Gasteiger partial charge in [-0.3, -0.25) is 10.1 Å². The average molecular weight is 346 g/mol. The van der Waals surface area contributed by atoms with E-state index in [2.05, 4.69) is 34.6 Å². The molecule has 4 aromatic rings. The van der Waals surface area contributed by atoms with Crippen LogP contribution in [0, 0.1) is 26.6 Å². The topological polar surface area (TPSA) is 53.6 Å². The van der Waals surface area contributed by atoms with Gasteiger partial charge < -0.3 is 5.32 Å². The second-order valence-electron chi connectivity index (χ2n) is 6.47. The molecule has 2 N–H and O–H groups in total. The van der Waals surface area contributed by atoms with Crippen molar-refractivity contribution in [1.29, 1.82) is 0 Å². The van der Waals surface area contributed by atoms with Gasteiger partial charge in [-0.2, -0.15) is 5.10 Å². The lowest BCUT2D eigenvalue weighted by atomic mass is 10.0. The number of nitrogens with zero attached hydrogens (tertiary/aromatic N) is 2. The van der Waals surface area contributed by atoms with E-state index in [0.717, 1.165) is 39.1 Å². The van der Waals surface area contributed by atoms with E-state index < -0.39 is 0 Å². The van der Waals surface area contributed by atoms with Gasteiger partial charge in [-0.05, 0) is 56.2 Å². The van der Waals surface area contributed by atoms with E-state index >= 15 is 0 Å². The zero-order valence-electron chi connectivity index (χ0n) is 14.9. The number of H-pyrrole nitrogens is 1. The Morgan fingerprint density at radius 2 is 1.81 bits per heavy atom. The second-order valence-corrected chi connectivity index (χ2v) is 6.47. The van der Waals surface area contributed by atoms with Gasteiger partial charge in [-0.15, -0.1) is 0 Å². The number of fused-ring (bicyclic) bond motifs is 1. The Kier molecular flexibility index (Phi) is 3.92. The summed E-state index contributed by atoms with van der Waals surface area (Å²) in [5, 5.41) is 11.3. The Bertz CT molecular complexity index is 1110. The van der Waals surface area contributed by atoms with E-state index in [1.165, 1.54) is 17.7 Å². The van der Waals surface area contributed by atoms with Gasteiger partial charge in [0.25, 0.3) is 0 Å². The summed E-state index contributed by atoms with van der Waals surface area (Å²) < 4.78 is 13.6. The highest BCUT2D eigenvalue weighted by Crippen LogP contribution is 2.31. The fourth-order valence-corrected chi connectivity index (χ4v) is 3.07. The highest BCUT2D eigenvalue weighted by Gasteiger charge is 2.13. The minimum atomic E-state index is -0.287. The first-order chi connectivity index (χ1) is 12.5. The maximum absolute atomic E-state index is 13.6. The van der Waals surface area contributed by atoms with Crippen LogP contribution in [0.2, 0.25) is 0 Å². The van der Waals surface area contributed by atoms with E-state index in [0.29, 0.717) is 5.82 Å². The van der Waals surface area contributed by atoms with Crippen molar-refractivity contribution in [1.82, 2.24) is 15.2 Å². The van der Waals surface area contributed by atoms with Gasteiger partial charge in [0.05, 0.1) is 11.2 Å². The van der Waals surface area contributed by atoms with Crippen molar-refractivity contribution in [3.63, 3.8) is 0 Å². The molecule has 0 amide bonds. The molecule has 0 fully saturated rings. The van der Waals surface area contributed by atoms with Crippen molar-refractivity contribution in [2.75, 3.05) is 5.32 Å². The Hall–Kier alpha value is -3.21. The molecule has 2 aromatic carbocycles. The number of hydrogen-bond donors (Lipinski definition) is 2. The number of aryl methyl sites for hydroxylation is 2. The van der Waals surface area contributed by atoms with E-state index in [-0.39, 0.29) is 5.82 Å². The lowest BCUT2D eigenvalue weighted by molar-refractivity contribution is 0.630. The molecule has 4 rings (SSSR count). The number of halogens is 1. The van der Waals surface area contributed by atoms with Crippen LogP contribution in [0.1, 0.15) is 16.8 Å². The molecule has 0 aliphatic rings. The van der Waals surface area contributed by atoms with E-state index in [4.69, 9.17) is 4.98 Å². The predicted octanol–water partition coefficient (Wildman–Crippen LogP) is 5.43. The van der Waals surface area contributed by atoms with Crippen LogP contribution in [-0.2, 0) is 0 Å². The van der Waals surface area contributed by atoms with Crippen molar-refractivity contribution in [3.8, 4) is 11.3 Å². The number of aromatic nitrogens is 3. The molecule has 26 heavy (non-hydrogen) atoms. The average Bonchev–Trinajstić information content (AvgIpc) is 3.01. The molecule has 0 bridgehead atoms. The van der Waals surface area contributed by atoms with Crippen molar-refractivity contribution in [2.45, 2.75) is 20.8 Å². The normalized spacial score (nSPS) is 11.1. The Balaban J connectivity index is 1.81.